The zero-order chi connectivity index (χ0) is 20.6. The number of carbonyl (C=O) groups is 1. The van der Waals surface area contributed by atoms with E-state index < -0.39 is 0 Å². The number of ether oxygens (including phenoxy) is 3. The summed E-state index contributed by atoms with van der Waals surface area (Å²) >= 11 is 0. The Labute approximate surface area is 167 Å². The zero-order valence-corrected chi connectivity index (χ0v) is 17.7. The molecule has 0 heterocycles. The van der Waals surface area contributed by atoms with Crippen molar-refractivity contribution in [1.29, 1.82) is 0 Å². The van der Waals surface area contributed by atoms with Crippen LogP contribution in [-0.4, -0.2) is 41.2 Å². The van der Waals surface area contributed by atoms with E-state index in [-0.39, 0.29) is 23.0 Å². The number of rotatable bonds is 7. The Bertz CT molecular complexity index is 846. The number of Topliss-reactive ketones (excluding diaryl/α,β-unsaturated/α-hetero) is 1. The second-order valence-corrected chi connectivity index (χ2v) is 8.04. The van der Waals surface area contributed by atoms with E-state index in [0.29, 0.717) is 22.8 Å². The lowest BCUT2D eigenvalue weighted by molar-refractivity contribution is 0.0951. The van der Waals surface area contributed by atoms with Crippen molar-refractivity contribution >= 4 is 11.5 Å². The summed E-state index contributed by atoms with van der Waals surface area (Å²) in [6.45, 7) is 4.30. The maximum atomic E-state index is 13.4. The van der Waals surface area contributed by atoms with Crippen molar-refractivity contribution < 1.29 is 19.0 Å². The first-order valence-corrected chi connectivity index (χ1v) is 9.37. The van der Waals surface area contributed by atoms with Crippen LogP contribution in [0.3, 0.4) is 0 Å². The minimum atomic E-state index is -0.100. The first kappa shape index (κ1) is 20.1. The number of hydrogen-bond acceptors (Lipinski definition) is 5. The maximum absolute atomic E-state index is 13.4. The number of benzene rings is 2. The van der Waals surface area contributed by atoms with Crippen molar-refractivity contribution in [2.75, 3.05) is 40.3 Å². The molecule has 2 atom stereocenters. The molecular weight excluding hydrogens is 354 g/mol. The molecule has 3 rings (SSSR count). The second-order valence-electron chi connectivity index (χ2n) is 8.04. The number of hydrogen-bond donors (Lipinski definition) is 0. The molecular formula is C23H29NO4. The molecule has 5 nitrogen and oxygen atoms in total. The quantitative estimate of drug-likeness (QED) is 0.663. The predicted molar refractivity (Wildman–Crippen MR) is 111 cm³/mol. The fraction of sp³-hybridized carbons (Fsp3) is 0.435. The molecule has 5 heteroatoms. The molecule has 1 aliphatic carbocycles. The molecule has 1 aliphatic rings. The van der Waals surface area contributed by atoms with Crippen LogP contribution < -0.4 is 19.1 Å². The van der Waals surface area contributed by atoms with E-state index in [1.807, 2.05) is 14.1 Å². The Morgan fingerprint density at radius 3 is 1.89 bits per heavy atom. The summed E-state index contributed by atoms with van der Waals surface area (Å²) in [4.78, 5) is 15.4. The summed E-state index contributed by atoms with van der Waals surface area (Å²) in [7, 11) is 8.71. The highest BCUT2D eigenvalue weighted by Gasteiger charge is 2.62. The van der Waals surface area contributed by atoms with Crippen LogP contribution in [0.25, 0.3) is 0 Å². The van der Waals surface area contributed by atoms with Crippen LogP contribution in [0.15, 0.2) is 36.4 Å². The first-order valence-electron chi connectivity index (χ1n) is 9.37. The number of anilines is 1. The van der Waals surface area contributed by atoms with Crippen molar-refractivity contribution in [2.24, 2.45) is 11.3 Å². The van der Waals surface area contributed by atoms with Crippen molar-refractivity contribution in [3.8, 4) is 17.2 Å². The van der Waals surface area contributed by atoms with Gasteiger partial charge in [-0.15, -0.1) is 0 Å². The van der Waals surface area contributed by atoms with Crippen molar-refractivity contribution in [1.82, 2.24) is 0 Å². The van der Waals surface area contributed by atoms with Crippen LogP contribution in [0.2, 0.25) is 0 Å². The predicted octanol–water partition coefficient (Wildman–Crippen LogP) is 4.40. The normalized spacial score (nSPS) is 19.7. The van der Waals surface area contributed by atoms with Gasteiger partial charge in [-0.3, -0.25) is 4.79 Å². The highest BCUT2D eigenvalue weighted by molar-refractivity contribution is 6.02. The third-order valence-electron chi connectivity index (χ3n) is 5.83. The van der Waals surface area contributed by atoms with Gasteiger partial charge in [-0.2, -0.15) is 0 Å². The standard InChI is InChI=1S/C23H29NO4/c1-23(2)19(14-8-10-16(11-9-14)24(3)4)20(23)21(25)15-12-17(26-5)22(28-7)18(13-15)27-6/h8-13,19-20H,1-7H3. The fourth-order valence-corrected chi connectivity index (χ4v) is 4.13. The smallest absolute Gasteiger partial charge is 0.203 e. The third-order valence-corrected chi connectivity index (χ3v) is 5.83. The summed E-state index contributed by atoms with van der Waals surface area (Å²) in [5.41, 5.74) is 2.83. The Hall–Kier alpha value is -2.69. The maximum Gasteiger partial charge on any atom is 0.203 e. The molecule has 0 amide bonds. The van der Waals surface area contributed by atoms with Crippen LogP contribution in [-0.2, 0) is 0 Å². The molecule has 2 aromatic rings. The van der Waals surface area contributed by atoms with Gasteiger partial charge in [-0.1, -0.05) is 26.0 Å². The molecule has 2 unspecified atom stereocenters. The van der Waals surface area contributed by atoms with Crippen LogP contribution in [0.5, 0.6) is 17.2 Å². The van der Waals surface area contributed by atoms with Crippen LogP contribution in [0.4, 0.5) is 5.69 Å². The van der Waals surface area contributed by atoms with E-state index in [1.54, 1.807) is 33.5 Å². The number of ketones is 1. The summed E-state index contributed by atoms with van der Waals surface area (Å²) in [5, 5.41) is 0. The van der Waals surface area contributed by atoms with Gasteiger partial charge in [0.2, 0.25) is 5.75 Å². The highest BCUT2D eigenvalue weighted by Crippen LogP contribution is 2.65. The Balaban J connectivity index is 1.92. The van der Waals surface area contributed by atoms with Crippen molar-refractivity contribution in [3.05, 3.63) is 47.5 Å². The van der Waals surface area contributed by atoms with Crippen molar-refractivity contribution in [2.45, 2.75) is 19.8 Å². The monoisotopic (exact) mass is 383 g/mol. The van der Waals surface area contributed by atoms with Gasteiger partial charge in [0.1, 0.15) is 0 Å². The van der Waals surface area contributed by atoms with E-state index in [2.05, 4.69) is 43.0 Å². The molecule has 1 fully saturated rings. The van der Waals surface area contributed by atoms with E-state index in [9.17, 15) is 4.79 Å². The summed E-state index contributed by atoms with van der Waals surface area (Å²) < 4.78 is 16.2. The van der Waals surface area contributed by atoms with Gasteiger partial charge in [-0.05, 0) is 35.2 Å². The van der Waals surface area contributed by atoms with Gasteiger partial charge < -0.3 is 19.1 Å². The Morgan fingerprint density at radius 1 is 0.929 bits per heavy atom. The van der Waals surface area contributed by atoms with Crippen LogP contribution in [0.1, 0.15) is 35.7 Å². The minimum Gasteiger partial charge on any atom is -0.493 e. The summed E-state index contributed by atoms with van der Waals surface area (Å²) in [5.74, 6) is 1.69. The highest BCUT2D eigenvalue weighted by atomic mass is 16.5. The minimum absolute atomic E-state index is 0.0829. The largest absolute Gasteiger partial charge is 0.493 e. The molecule has 1 saturated carbocycles. The van der Waals surface area contributed by atoms with Gasteiger partial charge in [0.25, 0.3) is 0 Å². The van der Waals surface area contributed by atoms with Crippen molar-refractivity contribution in [3.63, 3.8) is 0 Å². The van der Waals surface area contributed by atoms with E-state index in [4.69, 9.17) is 14.2 Å². The fourth-order valence-electron chi connectivity index (χ4n) is 4.13. The molecule has 0 N–H and O–H groups in total. The molecule has 0 spiro atoms. The lowest BCUT2D eigenvalue weighted by Gasteiger charge is -2.14. The lowest BCUT2D eigenvalue weighted by Crippen LogP contribution is -2.08. The molecule has 150 valence electrons. The number of carbonyl (C=O) groups excluding carboxylic acids is 1. The SMILES string of the molecule is COc1cc(C(=O)C2C(c3ccc(N(C)C)cc3)C2(C)C)cc(OC)c1OC. The zero-order valence-electron chi connectivity index (χ0n) is 17.7. The lowest BCUT2D eigenvalue weighted by atomic mass is 10.0. The second kappa shape index (κ2) is 7.38. The average molecular weight is 383 g/mol. The molecule has 0 bridgehead atoms. The first-order chi connectivity index (χ1) is 13.3. The van der Waals surface area contributed by atoms with Gasteiger partial charge in [0.15, 0.2) is 17.3 Å². The van der Waals surface area contributed by atoms with Gasteiger partial charge in [-0.25, -0.2) is 0 Å². The third kappa shape index (κ3) is 3.30. The topological polar surface area (TPSA) is 48.0 Å². The molecule has 0 aromatic heterocycles. The van der Waals surface area contributed by atoms with Crippen LogP contribution in [0, 0.1) is 11.3 Å². The van der Waals surface area contributed by atoms with Crippen LogP contribution >= 0.6 is 0 Å². The molecule has 28 heavy (non-hydrogen) atoms. The molecule has 0 aliphatic heterocycles. The van der Waals surface area contributed by atoms with Gasteiger partial charge in [0.05, 0.1) is 21.3 Å². The molecule has 2 aromatic carbocycles. The number of nitrogens with zero attached hydrogens (tertiary/aromatic N) is 1. The van der Waals surface area contributed by atoms with Gasteiger partial charge >= 0.3 is 0 Å². The number of methoxy groups -OCH3 is 3. The van der Waals surface area contributed by atoms with E-state index in [0.717, 1.165) is 5.69 Å². The molecule has 0 saturated heterocycles. The Kier molecular flexibility index (Phi) is 5.28. The van der Waals surface area contributed by atoms with Gasteiger partial charge in [0, 0.05) is 37.2 Å². The van der Waals surface area contributed by atoms with E-state index in [1.165, 1.54) is 5.56 Å². The molecule has 0 radical (unpaired) electrons. The van der Waals surface area contributed by atoms with E-state index >= 15 is 0 Å². The summed E-state index contributed by atoms with van der Waals surface area (Å²) in [6, 6.07) is 11.9. The Morgan fingerprint density at radius 2 is 1.46 bits per heavy atom. The average Bonchev–Trinajstić information content (AvgIpc) is 3.27. The summed E-state index contributed by atoms with van der Waals surface area (Å²) in [6.07, 6.45) is 0.